The monoisotopic (exact) mass is 459 g/mol. The number of aromatic nitrogens is 1. The van der Waals surface area contributed by atoms with Crippen LogP contribution in [0.3, 0.4) is 0 Å². The number of hydrogen-bond acceptors (Lipinski definition) is 5. The third-order valence-electron chi connectivity index (χ3n) is 5.54. The number of carboxylic acids is 1. The Morgan fingerprint density at radius 3 is 2.47 bits per heavy atom. The lowest BCUT2D eigenvalue weighted by atomic mass is 9.78. The van der Waals surface area contributed by atoms with Crippen LogP contribution in [0.5, 0.6) is 0 Å². The minimum absolute atomic E-state index is 0.0436. The van der Waals surface area contributed by atoms with Gasteiger partial charge in [0.2, 0.25) is 13.2 Å². The summed E-state index contributed by atoms with van der Waals surface area (Å²) in [6.45, 7) is 3.52. The lowest BCUT2D eigenvalue weighted by Crippen LogP contribution is -2.56. The molecule has 1 aliphatic carbocycles. The predicted octanol–water partition coefficient (Wildman–Crippen LogP) is 4.13. The normalized spacial score (nSPS) is 18.2. The Hall–Kier alpha value is -2.52. The van der Waals surface area contributed by atoms with Crippen LogP contribution in [0.4, 0.5) is 4.39 Å². The van der Waals surface area contributed by atoms with Crippen molar-refractivity contribution in [2.24, 2.45) is 5.92 Å². The Morgan fingerprint density at radius 2 is 1.94 bits per heavy atom. The number of halogens is 1. The van der Waals surface area contributed by atoms with Crippen molar-refractivity contribution in [1.82, 2.24) is 4.98 Å². The molecular weight excluding hydrogens is 432 g/mol. The van der Waals surface area contributed by atoms with Gasteiger partial charge in [-0.1, -0.05) is 43.9 Å². The molecule has 3 rings (SSSR count). The van der Waals surface area contributed by atoms with Gasteiger partial charge in [0, 0.05) is 31.1 Å². The Morgan fingerprint density at radius 1 is 1.28 bits per heavy atom. The number of carbonyl (C=O) groups is 1. The highest BCUT2D eigenvalue weighted by Gasteiger charge is 2.62. The summed E-state index contributed by atoms with van der Waals surface area (Å²) in [5.41, 5.74) is -1.10. The van der Waals surface area contributed by atoms with Crippen molar-refractivity contribution in [2.75, 3.05) is 7.11 Å². The van der Waals surface area contributed by atoms with Gasteiger partial charge in [-0.05, 0) is 42.7 Å². The summed E-state index contributed by atoms with van der Waals surface area (Å²) < 4.78 is 31.7. The molecule has 0 saturated heterocycles. The molecule has 0 amide bonds. The second-order valence-corrected chi connectivity index (χ2v) is 10.1. The first-order valence-electron chi connectivity index (χ1n) is 10.4. The fraction of sp³-hybridized carbons (Fsp3) is 0.417. The molecule has 0 radical (unpaired) electrons. The van der Waals surface area contributed by atoms with Crippen LogP contribution in [0.1, 0.15) is 49.6 Å². The molecule has 0 spiro atoms. The maximum atomic E-state index is 13.5. The van der Waals surface area contributed by atoms with Crippen LogP contribution in [-0.4, -0.2) is 33.4 Å². The van der Waals surface area contributed by atoms with Crippen LogP contribution in [0.15, 0.2) is 42.5 Å². The number of carboxylic acid groups (broad SMARTS) is 1. The molecule has 3 atom stereocenters. The highest BCUT2D eigenvalue weighted by atomic mass is 31.1. The summed E-state index contributed by atoms with van der Waals surface area (Å²) in [4.78, 5) is 17.3. The maximum Gasteiger partial charge on any atom is 0.335 e. The van der Waals surface area contributed by atoms with E-state index in [0.717, 1.165) is 25.6 Å². The average molecular weight is 459 g/mol. The van der Waals surface area contributed by atoms with Crippen molar-refractivity contribution in [2.45, 2.75) is 49.8 Å². The molecule has 2 aromatic rings. The van der Waals surface area contributed by atoms with Crippen LogP contribution in [-0.2, 0) is 25.9 Å². The lowest BCUT2D eigenvalue weighted by molar-refractivity contribution is -0.146. The first-order chi connectivity index (χ1) is 15.1. The number of aliphatic carboxylic acids is 1. The Kier molecular flexibility index (Phi) is 7.19. The quantitative estimate of drug-likeness (QED) is 0.455. The molecule has 0 aliphatic heterocycles. The van der Waals surface area contributed by atoms with Crippen LogP contribution in [0.2, 0.25) is 0 Å². The van der Waals surface area contributed by atoms with E-state index in [1.54, 1.807) is 19.9 Å². The predicted molar refractivity (Wildman–Crippen MR) is 119 cm³/mol. The van der Waals surface area contributed by atoms with Gasteiger partial charge >= 0.3 is 5.97 Å². The van der Waals surface area contributed by atoms with Crippen molar-refractivity contribution in [3.63, 3.8) is 0 Å². The zero-order valence-corrected chi connectivity index (χ0v) is 19.3. The molecule has 1 aromatic carbocycles. The zero-order chi connectivity index (χ0) is 23.5. The third-order valence-corrected chi connectivity index (χ3v) is 7.28. The summed E-state index contributed by atoms with van der Waals surface area (Å²) in [6, 6.07) is 10.3. The smallest absolute Gasteiger partial charge is 0.335 e. The largest absolute Gasteiger partial charge is 0.480 e. The summed E-state index contributed by atoms with van der Waals surface area (Å²) >= 11 is 0. The molecule has 3 unspecified atom stereocenters. The minimum Gasteiger partial charge on any atom is -0.480 e. The van der Waals surface area contributed by atoms with Gasteiger partial charge in [0.05, 0.1) is 5.69 Å². The number of hydrogen-bond donors (Lipinski definition) is 2. The number of benzene rings is 1. The van der Waals surface area contributed by atoms with E-state index in [9.17, 15) is 24.0 Å². The first kappa shape index (κ1) is 24.1. The standard InChI is InChI=1S/C24H27FNO5P/c1-16(2)13-14-24(22(27)28,32(30)31-3)23(29,15-17-7-11-19(25)12-8-17)21-6-4-5-20(26-21)18-9-10-18/h4-8,11-12,16,18,29,32H,9-10,15H2,1-3H3,(H,27,28). The Labute approximate surface area is 187 Å². The lowest BCUT2D eigenvalue weighted by Gasteiger charge is -2.39. The van der Waals surface area contributed by atoms with E-state index in [1.807, 2.05) is 6.07 Å². The van der Waals surface area contributed by atoms with Crippen LogP contribution >= 0.6 is 8.03 Å². The van der Waals surface area contributed by atoms with Crippen molar-refractivity contribution in [3.8, 4) is 11.8 Å². The van der Waals surface area contributed by atoms with Gasteiger partial charge in [-0.15, -0.1) is 0 Å². The average Bonchev–Trinajstić information content (AvgIpc) is 3.60. The van der Waals surface area contributed by atoms with Crippen molar-refractivity contribution in [1.29, 1.82) is 0 Å². The molecule has 2 N–H and O–H groups in total. The van der Waals surface area contributed by atoms with E-state index in [-0.39, 0.29) is 24.0 Å². The topological polar surface area (TPSA) is 96.7 Å². The molecule has 1 heterocycles. The van der Waals surface area contributed by atoms with E-state index in [0.29, 0.717) is 5.56 Å². The fourth-order valence-electron chi connectivity index (χ4n) is 3.65. The highest BCUT2D eigenvalue weighted by molar-refractivity contribution is 7.43. The second kappa shape index (κ2) is 9.54. The van der Waals surface area contributed by atoms with Crippen molar-refractivity contribution in [3.05, 3.63) is 65.2 Å². The van der Waals surface area contributed by atoms with Gasteiger partial charge in [0.25, 0.3) is 0 Å². The van der Waals surface area contributed by atoms with Gasteiger partial charge in [-0.3, -0.25) is 9.55 Å². The summed E-state index contributed by atoms with van der Waals surface area (Å²) in [6.07, 6.45) is 1.62. The first-order valence-corrected chi connectivity index (χ1v) is 11.7. The van der Waals surface area contributed by atoms with Gasteiger partial charge in [0.1, 0.15) is 11.4 Å². The highest BCUT2D eigenvalue weighted by Crippen LogP contribution is 2.53. The molecule has 170 valence electrons. The van der Waals surface area contributed by atoms with E-state index < -0.39 is 30.6 Å². The summed E-state index contributed by atoms with van der Waals surface area (Å²) in [5.74, 6) is 3.33. The van der Waals surface area contributed by atoms with Crippen LogP contribution < -0.4 is 0 Å². The van der Waals surface area contributed by atoms with Crippen LogP contribution in [0.25, 0.3) is 0 Å². The number of nitrogens with zero attached hydrogens (tertiary/aromatic N) is 1. The third kappa shape index (κ3) is 4.63. The molecule has 1 fully saturated rings. The number of pyridine rings is 1. The Balaban J connectivity index is 2.30. The Bertz CT molecular complexity index is 1070. The van der Waals surface area contributed by atoms with Gasteiger partial charge in [-0.2, -0.15) is 0 Å². The number of aliphatic hydroxyl groups is 1. The molecular formula is C24H27FNO5P. The molecule has 0 bridgehead atoms. The molecule has 1 aliphatic rings. The van der Waals surface area contributed by atoms with E-state index >= 15 is 0 Å². The van der Waals surface area contributed by atoms with E-state index in [2.05, 4.69) is 16.8 Å². The molecule has 8 heteroatoms. The molecule has 1 aromatic heterocycles. The summed E-state index contributed by atoms with van der Waals surface area (Å²) in [7, 11) is -2.33. The molecule has 1 saturated carbocycles. The second-order valence-electron chi connectivity index (χ2n) is 8.36. The van der Waals surface area contributed by atoms with Gasteiger partial charge in [0.15, 0.2) is 0 Å². The van der Waals surface area contributed by atoms with Crippen molar-refractivity contribution < 1.29 is 28.5 Å². The fourth-order valence-corrected chi connectivity index (χ4v) is 4.86. The van der Waals surface area contributed by atoms with Crippen LogP contribution in [0, 0.1) is 23.6 Å². The van der Waals surface area contributed by atoms with Gasteiger partial charge < -0.3 is 14.7 Å². The van der Waals surface area contributed by atoms with Gasteiger partial charge in [-0.25, -0.2) is 9.18 Å². The SMILES string of the molecule is CO[PH](=O)C(C#CC(C)C)(C(=O)O)C(O)(Cc1ccc(F)cc1)c1cccc(C2CC2)n1. The maximum absolute atomic E-state index is 13.5. The van der Waals surface area contributed by atoms with Crippen molar-refractivity contribution >= 4 is 14.0 Å². The minimum atomic E-state index is -3.46. The number of rotatable bonds is 8. The zero-order valence-electron chi connectivity index (χ0n) is 18.3. The van der Waals surface area contributed by atoms with E-state index in [4.69, 9.17) is 4.52 Å². The van der Waals surface area contributed by atoms with E-state index in [1.165, 1.54) is 30.3 Å². The molecule has 6 nitrogen and oxygen atoms in total. The molecule has 32 heavy (non-hydrogen) atoms. The summed E-state index contributed by atoms with van der Waals surface area (Å²) in [5, 5.41) is 20.0.